The van der Waals surface area contributed by atoms with E-state index in [-0.39, 0.29) is 36.4 Å². The Balaban J connectivity index is 0.00000144. The van der Waals surface area contributed by atoms with Gasteiger partial charge >= 0.3 is 0 Å². The molecule has 1 heterocycles. The summed E-state index contributed by atoms with van der Waals surface area (Å²) in [6.45, 7) is 2.68. The predicted octanol–water partition coefficient (Wildman–Crippen LogP) is -0.470. The molecule has 3 N–H and O–H groups in total. The molecular weight excluding hydrogens is 335 g/mol. The van der Waals surface area contributed by atoms with Crippen LogP contribution in [0.1, 0.15) is 12.8 Å². The summed E-state index contributed by atoms with van der Waals surface area (Å²) in [6.07, 6.45) is 2.29. The number of hydrogen-bond donors (Lipinski definition) is 2. The van der Waals surface area contributed by atoms with Gasteiger partial charge in [-0.2, -0.15) is 0 Å². The number of carbonyl (C=O) groups excluding carboxylic acids is 1. The fraction of sp³-hybridized carbons (Fsp3) is 0.800. The molecule has 2 rings (SSSR count). The summed E-state index contributed by atoms with van der Waals surface area (Å²) in [5.74, 6) is 0.396. The summed E-state index contributed by atoms with van der Waals surface area (Å²) < 4.78 is 5.17. The van der Waals surface area contributed by atoms with Crippen LogP contribution in [0.25, 0.3) is 0 Å². The van der Waals surface area contributed by atoms with Crippen molar-refractivity contribution in [3.8, 4) is 0 Å². The van der Waals surface area contributed by atoms with E-state index in [4.69, 9.17) is 10.5 Å². The lowest BCUT2D eigenvalue weighted by atomic mass is 10.4. The number of nitrogens with one attached hydrogen (secondary N) is 1. The van der Waals surface area contributed by atoms with Gasteiger partial charge in [0.15, 0.2) is 5.96 Å². The third kappa shape index (κ3) is 5.07. The average Bonchev–Trinajstić information content (AvgIpc) is 3.11. The van der Waals surface area contributed by atoms with Crippen molar-refractivity contribution in [2.24, 2.45) is 10.7 Å². The van der Waals surface area contributed by atoms with E-state index in [1.165, 1.54) is 0 Å². The zero-order valence-corrected chi connectivity index (χ0v) is 12.1. The molecule has 0 atom stereocenters. The molecule has 0 aromatic rings. The molecule has 0 radical (unpaired) electrons. The molecule has 2 aliphatic rings. The maximum Gasteiger partial charge on any atom is 0.244 e. The van der Waals surface area contributed by atoms with Crippen LogP contribution in [0.5, 0.6) is 0 Å². The van der Waals surface area contributed by atoms with Crippen LogP contribution in [0.2, 0.25) is 0 Å². The maximum atomic E-state index is 11.7. The van der Waals surface area contributed by atoms with Crippen LogP contribution in [0, 0.1) is 0 Å². The number of amides is 1. The molecule has 1 saturated heterocycles. The van der Waals surface area contributed by atoms with Crippen molar-refractivity contribution in [1.82, 2.24) is 10.2 Å². The van der Waals surface area contributed by atoms with Crippen LogP contribution < -0.4 is 11.1 Å². The minimum Gasteiger partial charge on any atom is -0.378 e. The Kier molecular flexibility index (Phi) is 5.96. The van der Waals surface area contributed by atoms with Crippen molar-refractivity contribution in [1.29, 1.82) is 0 Å². The van der Waals surface area contributed by atoms with Crippen molar-refractivity contribution in [2.75, 3.05) is 32.8 Å². The number of carbonyl (C=O) groups is 1. The van der Waals surface area contributed by atoms with Gasteiger partial charge in [-0.3, -0.25) is 4.79 Å². The number of morpholine rings is 1. The van der Waals surface area contributed by atoms with Gasteiger partial charge in [0.25, 0.3) is 0 Å². The summed E-state index contributed by atoms with van der Waals surface area (Å²) in [5.41, 5.74) is 5.64. The van der Waals surface area contributed by atoms with Crippen LogP contribution in [0.4, 0.5) is 0 Å². The Morgan fingerprint density at radius 3 is 2.65 bits per heavy atom. The molecule has 0 spiro atoms. The highest BCUT2D eigenvalue weighted by molar-refractivity contribution is 14.0. The molecule has 98 valence electrons. The summed E-state index contributed by atoms with van der Waals surface area (Å²) in [7, 11) is 0. The standard InChI is InChI=1S/C10H18N4O2.HI/c11-10(13-8-1-2-8)12-7-9(15)14-3-5-16-6-4-14;/h8H,1-7H2,(H3,11,12,13);1H. The quantitative estimate of drug-likeness (QED) is 0.408. The van der Waals surface area contributed by atoms with Gasteiger partial charge in [0, 0.05) is 19.1 Å². The summed E-state index contributed by atoms with van der Waals surface area (Å²) in [6, 6.07) is 0.474. The van der Waals surface area contributed by atoms with Gasteiger partial charge in [-0.15, -0.1) is 24.0 Å². The number of halogens is 1. The van der Waals surface area contributed by atoms with Crippen molar-refractivity contribution in [2.45, 2.75) is 18.9 Å². The third-order valence-electron chi connectivity index (χ3n) is 2.68. The molecule has 0 unspecified atom stereocenters. The van der Waals surface area contributed by atoms with Crippen LogP contribution in [-0.2, 0) is 9.53 Å². The van der Waals surface area contributed by atoms with Gasteiger partial charge in [-0.1, -0.05) is 0 Å². The van der Waals surface area contributed by atoms with E-state index in [2.05, 4.69) is 10.3 Å². The van der Waals surface area contributed by atoms with E-state index >= 15 is 0 Å². The molecule has 1 aliphatic carbocycles. The lowest BCUT2D eigenvalue weighted by Gasteiger charge is -2.26. The second-order valence-corrected chi connectivity index (χ2v) is 4.11. The van der Waals surface area contributed by atoms with Gasteiger partial charge in [-0.25, -0.2) is 4.99 Å². The third-order valence-corrected chi connectivity index (χ3v) is 2.68. The second kappa shape index (κ2) is 7.00. The van der Waals surface area contributed by atoms with E-state index in [0.717, 1.165) is 12.8 Å². The highest BCUT2D eigenvalue weighted by atomic mass is 127. The zero-order valence-electron chi connectivity index (χ0n) is 9.72. The van der Waals surface area contributed by atoms with Crippen LogP contribution in [0.3, 0.4) is 0 Å². The summed E-state index contributed by atoms with van der Waals surface area (Å²) >= 11 is 0. The normalized spacial score (nSPS) is 20.7. The largest absolute Gasteiger partial charge is 0.378 e. The number of rotatable bonds is 3. The van der Waals surface area contributed by atoms with E-state index in [0.29, 0.717) is 38.3 Å². The molecule has 17 heavy (non-hydrogen) atoms. The zero-order chi connectivity index (χ0) is 11.4. The Morgan fingerprint density at radius 1 is 1.41 bits per heavy atom. The lowest BCUT2D eigenvalue weighted by Crippen LogP contribution is -2.42. The first-order valence-electron chi connectivity index (χ1n) is 5.67. The molecule has 1 amide bonds. The fourth-order valence-electron chi connectivity index (χ4n) is 1.55. The minimum atomic E-state index is 0. The molecular formula is C10H19IN4O2. The second-order valence-electron chi connectivity index (χ2n) is 4.11. The Bertz CT molecular complexity index is 288. The first kappa shape index (κ1) is 14.5. The molecule has 2 fully saturated rings. The monoisotopic (exact) mass is 354 g/mol. The van der Waals surface area contributed by atoms with Crippen molar-refractivity contribution in [3.63, 3.8) is 0 Å². The molecule has 0 aromatic carbocycles. The number of nitrogens with zero attached hydrogens (tertiary/aromatic N) is 2. The number of guanidine groups is 1. The van der Waals surface area contributed by atoms with E-state index in [1.807, 2.05) is 0 Å². The van der Waals surface area contributed by atoms with E-state index in [1.54, 1.807) is 4.90 Å². The van der Waals surface area contributed by atoms with Crippen LogP contribution >= 0.6 is 24.0 Å². The SMILES string of the molecule is I.NC(=NCC(=O)N1CCOCC1)NC1CC1. The number of aliphatic imine (C=N–C) groups is 1. The molecule has 0 aromatic heterocycles. The number of hydrogen-bond acceptors (Lipinski definition) is 3. The van der Waals surface area contributed by atoms with Crippen molar-refractivity contribution in [3.05, 3.63) is 0 Å². The molecule has 6 nitrogen and oxygen atoms in total. The van der Waals surface area contributed by atoms with Crippen molar-refractivity contribution >= 4 is 35.8 Å². The van der Waals surface area contributed by atoms with Gasteiger partial charge in [0.2, 0.25) is 5.91 Å². The minimum absolute atomic E-state index is 0. The van der Waals surface area contributed by atoms with Gasteiger partial charge < -0.3 is 20.7 Å². The molecule has 1 saturated carbocycles. The number of nitrogens with two attached hydrogens (primary N) is 1. The highest BCUT2D eigenvalue weighted by Gasteiger charge is 2.21. The van der Waals surface area contributed by atoms with E-state index in [9.17, 15) is 4.79 Å². The number of ether oxygens (including phenoxy) is 1. The first-order chi connectivity index (χ1) is 7.75. The topological polar surface area (TPSA) is 80.0 Å². The first-order valence-corrected chi connectivity index (χ1v) is 5.67. The summed E-state index contributed by atoms with van der Waals surface area (Å²) in [5, 5.41) is 3.04. The molecule has 1 aliphatic heterocycles. The Labute approximate surface area is 118 Å². The van der Waals surface area contributed by atoms with Gasteiger partial charge in [-0.05, 0) is 12.8 Å². The van der Waals surface area contributed by atoms with Crippen molar-refractivity contribution < 1.29 is 9.53 Å². The Hall–Kier alpha value is -0.570. The summed E-state index contributed by atoms with van der Waals surface area (Å²) in [4.78, 5) is 17.5. The van der Waals surface area contributed by atoms with Crippen LogP contribution in [-0.4, -0.2) is 55.7 Å². The van der Waals surface area contributed by atoms with Gasteiger partial charge in [0.1, 0.15) is 6.54 Å². The smallest absolute Gasteiger partial charge is 0.244 e. The van der Waals surface area contributed by atoms with Crippen LogP contribution in [0.15, 0.2) is 4.99 Å². The predicted molar refractivity (Wildman–Crippen MR) is 75.5 cm³/mol. The molecule has 7 heteroatoms. The Morgan fingerprint density at radius 2 is 2.06 bits per heavy atom. The molecule has 0 bridgehead atoms. The maximum absolute atomic E-state index is 11.7. The lowest BCUT2D eigenvalue weighted by molar-refractivity contribution is -0.133. The highest BCUT2D eigenvalue weighted by Crippen LogP contribution is 2.17. The average molecular weight is 354 g/mol. The van der Waals surface area contributed by atoms with Gasteiger partial charge in [0.05, 0.1) is 13.2 Å². The fourth-order valence-corrected chi connectivity index (χ4v) is 1.55. The van der Waals surface area contributed by atoms with E-state index < -0.39 is 0 Å².